The largest absolute Gasteiger partial charge is 0.480 e. The molecular formula is C27H35N7O5S. The molecule has 12 nitrogen and oxygen atoms in total. The predicted molar refractivity (Wildman–Crippen MR) is 153 cm³/mol. The topological polar surface area (TPSA) is 145 Å². The Kier molecular flexibility index (Phi) is 7.95. The van der Waals surface area contributed by atoms with E-state index in [2.05, 4.69) is 10.2 Å². The van der Waals surface area contributed by atoms with Crippen LogP contribution in [0.25, 0.3) is 20.8 Å². The third-order valence-corrected chi connectivity index (χ3v) is 7.71. The third kappa shape index (κ3) is 6.20. The van der Waals surface area contributed by atoms with E-state index in [1.165, 1.54) is 11.3 Å². The number of thiazole rings is 1. The van der Waals surface area contributed by atoms with Crippen LogP contribution in [0.15, 0.2) is 18.2 Å². The van der Waals surface area contributed by atoms with Crippen LogP contribution in [-0.2, 0) is 9.47 Å². The van der Waals surface area contributed by atoms with E-state index in [1.54, 1.807) is 24.1 Å². The smallest absolute Gasteiger partial charge is 0.410 e. The molecule has 3 N–H and O–H groups in total. The maximum absolute atomic E-state index is 12.8. The van der Waals surface area contributed by atoms with Crippen molar-refractivity contribution in [3.8, 4) is 16.5 Å². The number of rotatable bonds is 6. The van der Waals surface area contributed by atoms with E-state index < -0.39 is 11.5 Å². The Bertz CT molecular complexity index is 1400. The molecular weight excluding hydrogens is 534 g/mol. The number of hydrogen-bond donors (Lipinski definition) is 2. The number of likely N-dealkylation sites (tertiary alicyclic amines) is 1. The molecule has 1 atom stereocenters. The van der Waals surface area contributed by atoms with E-state index in [-0.39, 0.29) is 12.1 Å². The molecule has 2 fully saturated rings. The Morgan fingerprint density at radius 3 is 2.62 bits per heavy atom. The lowest BCUT2D eigenvalue weighted by atomic mass is 10.1. The summed E-state index contributed by atoms with van der Waals surface area (Å²) in [6.07, 6.45) is 1.34. The van der Waals surface area contributed by atoms with Crippen molar-refractivity contribution < 1.29 is 23.8 Å². The second kappa shape index (κ2) is 11.4. The molecule has 1 aromatic carbocycles. The molecule has 0 bridgehead atoms. The summed E-state index contributed by atoms with van der Waals surface area (Å²) in [4.78, 5) is 42.8. The molecule has 40 heavy (non-hydrogen) atoms. The van der Waals surface area contributed by atoms with Gasteiger partial charge in [-0.3, -0.25) is 4.79 Å². The Morgan fingerprint density at radius 1 is 1.15 bits per heavy atom. The highest BCUT2D eigenvalue weighted by Crippen LogP contribution is 2.41. The summed E-state index contributed by atoms with van der Waals surface area (Å²) in [5.41, 5.74) is 6.57. The maximum atomic E-state index is 12.8. The number of ether oxygens (including phenoxy) is 3. The van der Waals surface area contributed by atoms with Gasteiger partial charge in [-0.25, -0.2) is 9.78 Å². The van der Waals surface area contributed by atoms with Gasteiger partial charge in [-0.15, -0.1) is 11.3 Å². The van der Waals surface area contributed by atoms with Crippen LogP contribution in [0.3, 0.4) is 0 Å². The highest BCUT2D eigenvalue weighted by molar-refractivity contribution is 7.21. The minimum Gasteiger partial charge on any atom is -0.480 e. The number of hydrogen-bond acceptors (Lipinski definition) is 11. The highest BCUT2D eigenvalue weighted by atomic mass is 32.1. The minimum atomic E-state index is -0.571. The Hall–Kier alpha value is -3.71. The van der Waals surface area contributed by atoms with Crippen molar-refractivity contribution in [2.75, 3.05) is 56.7 Å². The third-order valence-electron chi connectivity index (χ3n) is 6.65. The number of carbonyl (C=O) groups excluding carboxylic acids is 2. The first-order valence-corrected chi connectivity index (χ1v) is 14.2. The second-order valence-corrected chi connectivity index (χ2v) is 11.9. The van der Waals surface area contributed by atoms with Crippen LogP contribution in [-0.4, -0.2) is 90.0 Å². The molecule has 214 valence electrons. The number of fused-ring (bicyclic) bond motifs is 1. The number of morpholine rings is 1. The first-order chi connectivity index (χ1) is 19.1. The molecule has 0 aliphatic carbocycles. The molecule has 5 rings (SSSR count). The van der Waals surface area contributed by atoms with Gasteiger partial charge in [0.15, 0.2) is 0 Å². The van der Waals surface area contributed by atoms with Crippen LogP contribution in [0.4, 0.5) is 16.6 Å². The second-order valence-electron chi connectivity index (χ2n) is 10.8. The summed E-state index contributed by atoms with van der Waals surface area (Å²) < 4.78 is 17.8. The molecule has 13 heteroatoms. The van der Waals surface area contributed by atoms with Crippen LogP contribution in [0, 0.1) is 0 Å². The summed E-state index contributed by atoms with van der Waals surface area (Å²) in [6.45, 7) is 9.18. The molecule has 3 aromatic rings. The number of primary amides is 1. The van der Waals surface area contributed by atoms with Crippen LogP contribution in [0.5, 0.6) is 5.88 Å². The molecule has 0 saturated carbocycles. The number of amides is 2. The van der Waals surface area contributed by atoms with Gasteiger partial charge in [0.05, 0.1) is 30.5 Å². The molecule has 2 amide bonds. The van der Waals surface area contributed by atoms with Crippen molar-refractivity contribution in [1.82, 2.24) is 19.9 Å². The van der Waals surface area contributed by atoms with E-state index in [4.69, 9.17) is 34.9 Å². The van der Waals surface area contributed by atoms with Crippen LogP contribution < -0.4 is 20.7 Å². The van der Waals surface area contributed by atoms with Gasteiger partial charge < -0.3 is 35.1 Å². The summed E-state index contributed by atoms with van der Waals surface area (Å²) in [6, 6.07) is 5.13. The van der Waals surface area contributed by atoms with Gasteiger partial charge in [0, 0.05) is 37.8 Å². The highest BCUT2D eigenvalue weighted by Gasteiger charge is 2.30. The first-order valence-electron chi connectivity index (χ1n) is 13.4. The fourth-order valence-corrected chi connectivity index (χ4v) is 5.73. The van der Waals surface area contributed by atoms with Crippen LogP contribution in [0.2, 0.25) is 0 Å². The molecule has 2 aliphatic heterocycles. The molecule has 0 radical (unpaired) electrons. The van der Waals surface area contributed by atoms with E-state index in [0.717, 1.165) is 17.5 Å². The van der Waals surface area contributed by atoms with Crippen molar-refractivity contribution in [3.05, 3.63) is 23.8 Å². The van der Waals surface area contributed by atoms with E-state index in [1.807, 2.05) is 26.8 Å². The number of anilines is 2. The molecule has 4 heterocycles. The Labute approximate surface area is 236 Å². The lowest BCUT2D eigenvalue weighted by Gasteiger charge is -2.35. The number of nitrogens with one attached hydrogen (secondary N) is 1. The van der Waals surface area contributed by atoms with E-state index >= 15 is 0 Å². The van der Waals surface area contributed by atoms with Gasteiger partial charge in [0.1, 0.15) is 22.0 Å². The zero-order valence-corrected chi connectivity index (χ0v) is 24.0. The lowest BCUT2D eigenvalue weighted by Crippen LogP contribution is -2.47. The minimum absolute atomic E-state index is 0.0759. The number of aromatic nitrogens is 3. The lowest BCUT2D eigenvalue weighted by molar-refractivity contribution is 0.0206. The summed E-state index contributed by atoms with van der Waals surface area (Å²) in [5, 5.41) is 4.22. The SMILES string of the molecule is COc1nc(N2CCOCC2)nc(NC2CCCN(C(=O)OC(C)(C)C)C2)c1-c1nc2cc(C(N)=O)ccc2s1. The fraction of sp³-hybridized carbons (Fsp3) is 0.519. The number of benzene rings is 1. The summed E-state index contributed by atoms with van der Waals surface area (Å²) in [7, 11) is 1.57. The van der Waals surface area contributed by atoms with E-state index in [0.29, 0.717) is 78.7 Å². The normalized spacial score (nSPS) is 18.1. The van der Waals surface area contributed by atoms with Gasteiger partial charge in [-0.05, 0) is 51.8 Å². The summed E-state index contributed by atoms with van der Waals surface area (Å²) >= 11 is 1.45. The van der Waals surface area contributed by atoms with Gasteiger partial charge in [0.25, 0.3) is 0 Å². The molecule has 0 spiro atoms. The van der Waals surface area contributed by atoms with Crippen molar-refractivity contribution in [3.63, 3.8) is 0 Å². The molecule has 2 aromatic heterocycles. The number of nitrogens with zero attached hydrogens (tertiary/aromatic N) is 5. The maximum Gasteiger partial charge on any atom is 0.410 e. The number of piperidine rings is 1. The molecule has 1 unspecified atom stereocenters. The number of methoxy groups -OCH3 is 1. The molecule has 2 saturated heterocycles. The number of carbonyl (C=O) groups is 2. The first kappa shape index (κ1) is 27.8. The van der Waals surface area contributed by atoms with Gasteiger partial charge in [-0.2, -0.15) is 9.97 Å². The Balaban J connectivity index is 1.52. The number of nitrogens with two attached hydrogens (primary N) is 1. The average molecular weight is 570 g/mol. The van der Waals surface area contributed by atoms with Crippen molar-refractivity contribution in [2.24, 2.45) is 5.73 Å². The molecule has 2 aliphatic rings. The van der Waals surface area contributed by atoms with E-state index in [9.17, 15) is 9.59 Å². The van der Waals surface area contributed by atoms with Gasteiger partial charge >= 0.3 is 6.09 Å². The van der Waals surface area contributed by atoms with Crippen LogP contribution in [0.1, 0.15) is 44.0 Å². The zero-order chi connectivity index (χ0) is 28.4. The van der Waals surface area contributed by atoms with Crippen molar-refractivity contribution in [1.29, 1.82) is 0 Å². The predicted octanol–water partition coefficient (Wildman–Crippen LogP) is 3.51. The van der Waals surface area contributed by atoms with Crippen molar-refractivity contribution >= 4 is 45.3 Å². The van der Waals surface area contributed by atoms with Gasteiger partial charge in [0.2, 0.25) is 17.7 Å². The quantitative estimate of drug-likeness (QED) is 0.452. The summed E-state index contributed by atoms with van der Waals surface area (Å²) in [5.74, 6) is 0.969. The Morgan fingerprint density at radius 2 is 1.93 bits per heavy atom. The van der Waals surface area contributed by atoms with Crippen molar-refractivity contribution in [2.45, 2.75) is 45.3 Å². The van der Waals surface area contributed by atoms with Gasteiger partial charge in [-0.1, -0.05) is 0 Å². The monoisotopic (exact) mass is 569 g/mol. The fourth-order valence-electron chi connectivity index (χ4n) is 4.75. The standard InChI is InChI=1S/C27H35N7O5S/c1-27(2,3)39-26(36)34-9-5-6-17(15-34)29-22-20(23(37-4)32-25(31-22)33-10-12-38-13-11-33)24-30-18-14-16(21(28)35)7-8-19(18)40-24/h7-8,14,17H,5-6,9-13,15H2,1-4H3,(H2,28,35)(H,29,31,32). The average Bonchev–Trinajstić information content (AvgIpc) is 3.35. The zero-order valence-electron chi connectivity index (χ0n) is 23.2. The van der Waals surface area contributed by atoms with Crippen LogP contribution >= 0.6 is 11.3 Å².